The lowest BCUT2D eigenvalue weighted by atomic mass is 10.2. The number of carbonyl (C=O) groups excluding carboxylic acids is 2. The van der Waals surface area contributed by atoms with Crippen LogP contribution >= 0.6 is 0 Å². The van der Waals surface area contributed by atoms with Gasteiger partial charge in [-0.05, 0) is 24.3 Å². The number of amides is 2. The number of nitrogens with one attached hydrogen (secondary N) is 2. The summed E-state index contributed by atoms with van der Waals surface area (Å²) in [4.78, 5) is 33.2. The highest BCUT2D eigenvalue weighted by atomic mass is 16.5. The number of benzene rings is 1. The molecule has 2 amide bonds. The minimum Gasteiger partial charge on any atom is -0.497 e. The molecule has 0 spiro atoms. The number of methoxy groups -OCH3 is 1. The molecule has 3 rings (SSSR count). The van der Waals surface area contributed by atoms with E-state index in [0.717, 1.165) is 0 Å². The smallest absolute Gasteiger partial charge is 0.280 e. The van der Waals surface area contributed by atoms with Crippen LogP contribution < -0.4 is 10.1 Å². The highest BCUT2D eigenvalue weighted by molar-refractivity contribution is 6.10. The van der Waals surface area contributed by atoms with E-state index in [0.29, 0.717) is 11.4 Å². The van der Waals surface area contributed by atoms with E-state index in [9.17, 15) is 9.59 Å². The van der Waals surface area contributed by atoms with Gasteiger partial charge < -0.3 is 15.0 Å². The Bertz CT molecular complexity index is 864. The second kappa shape index (κ2) is 7.31. The first-order chi connectivity index (χ1) is 12.2. The number of aromatic amines is 1. The van der Waals surface area contributed by atoms with Gasteiger partial charge in [0, 0.05) is 24.2 Å². The molecule has 0 fully saturated rings. The third-order valence-corrected chi connectivity index (χ3v) is 3.46. The topological polar surface area (TPSA) is 87.3 Å². The fourth-order valence-corrected chi connectivity index (χ4v) is 2.25. The molecule has 2 N–H and O–H groups in total. The van der Waals surface area contributed by atoms with Gasteiger partial charge in [0.2, 0.25) is 0 Å². The third-order valence-electron chi connectivity index (χ3n) is 3.46. The molecule has 0 aliphatic carbocycles. The molecule has 0 bridgehead atoms. The van der Waals surface area contributed by atoms with Crippen molar-refractivity contribution in [1.29, 1.82) is 0 Å². The van der Waals surface area contributed by atoms with Gasteiger partial charge in [0.1, 0.15) is 11.4 Å². The van der Waals surface area contributed by atoms with Gasteiger partial charge in [-0.3, -0.25) is 14.5 Å². The Morgan fingerprint density at radius 3 is 2.64 bits per heavy atom. The Balaban J connectivity index is 1.80. The molecular weight excluding hydrogens is 320 g/mol. The molecule has 0 atom stereocenters. The molecule has 1 aliphatic heterocycles. The van der Waals surface area contributed by atoms with Gasteiger partial charge in [-0.15, -0.1) is 0 Å². The maximum absolute atomic E-state index is 12.6. The summed E-state index contributed by atoms with van der Waals surface area (Å²) in [5.41, 5.74) is 0.674. The molecule has 0 saturated heterocycles. The number of carbonyl (C=O) groups is 2. The first kappa shape index (κ1) is 16.3. The van der Waals surface area contributed by atoms with Crippen molar-refractivity contribution in [3.05, 3.63) is 78.7 Å². The van der Waals surface area contributed by atoms with Crippen LogP contribution in [0.1, 0.15) is 21.0 Å². The lowest BCUT2D eigenvalue weighted by Crippen LogP contribution is -2.24. The Morgan fingerprint density at radius 2 is 1.92 bits per heavy atom. The number of ether oxygens (including phenoxy) is 1. The number of rotatable bonds is 4. The largest absolute Gasteiger partial charge is 0.497 e. The first-order valence-electron chi connectivity index (χ1n) is 7.52. The maximum atomic E-state index is 12.6. The van der Waals surface area contributed by atoms with Crippen molar-refractivity contribution in [3.63, 3.8) is 0 Å². The monoisotopic (exact) mass is 336 g/mol. The minimum absolute atomic E-state index is 0.0202. The van der Waals surface area contributed by atoms with Crippen molar-refractivity contribution in [2.45, 2.75) is 0 Å². The molecule has 25 heavy (non-hydrogen) atoms. The van der Waals surface area contributed by atoms with E-state index >= 15 is 0 Å². The zero-order valence-corrected chi connectivity index (χ0v) is 13.5. The van der Waals surface area contributed by atoms with Gasteiger partial charge in [0.05, 0.1) is 13.4 Å². The highest BCUT2D eigenvalue weighted by Crippen LogP contribution is 2.18. The molecule has 7 heteroatoms. The average molecular weight is 336 g/mol. The number of aromatic nitrogens is 2. The summed E-state index contributed by atoms with van der Waals surface area (Å²) in [6.45, 7) is 0. The Labute approximate surface area is 144 Å². The molecule has 2 aromatic rings. The van der Waals surface area contributed by atoms with Crippen LogP contribution in [-0.4, -0.2) is 33.8 Å². The molecule has 0 radical (unpaired) electrons. The summed E-state index contributed by atoms with van der Waals surface area (Å²) in [5.74, 6) is -0.258. The van der Waals surface area contributed by atoms with Crippen molar-refractivity contribution in [1.82, 2.24) is 14.9 Å². The fraction of sp³-hybridized carbons (Fsp3) is 0.0556. The van der Waals surface area contributed by atoms with Crippen molar-refractivity contribution < 1.29 is 14.3 Å². The number of allylic oxidation sites excluding steroid dienone is 4. The molecular formula is C18H16N4O3. The number of H-pyrrole nitrogens is 1. The van der Waals surface area contributed by atoms with Gasteiger partial charge in [0.15, 0.2) is 5.69 Å². The summed E-state index contributed by atoms with van der Waals surface area (Å²) in [6.07, 6.45) is 11.6. The van der Waals surface area contributed by atoms with Gasteiger partial charge in [-0.2, -0.15) is 0 Å². The quantitative estimate of drug-likeness (QED) is 0.899. The van der Waals surface area contributed by atoms with E-state index in [2.05, 4.69) is 15.3 Å². The zero-order chi connectivity index (χ0) is 17.6. The van der Waals surface area contributed by atoms with E-state index in [1.165, 1.54) is 11.2 Å². The second-order valence-corrected chi connectivity index (χ2v) is 5.09. The van der Waals surface area contributed by atoms with Crippen molar-refractivity contribution in [3.8, 4) is 5.75 Å². The Hall–Kier alpha value is -3.61. The summed E-state index contributed by atoms with van der Waals surface area (Å²) in [5, 5.41) is 2.71. The van der Waals surface area contributed by atoms with Gasteiger partial charge in [-0.25, -0.2) is 4.98 Å². The van der Waals surface area contributed by atoms with E-state index in [1.54, 1.807) is 68.1 Å². The van der Waals surface area contributed by atoms with Crippen LogP contribution in [0.3, 0.4) is 0 Å². The zero-order valence-electron chi connectivity index (χ0n) is 13.5. The van der Waals surface area contributed by atoms with E-state index in [1.807, 2.05) is 0 Å². The van der Waals surface area contributed by atoms with Crippen LogP contribution in [0.15, 0.2) is 67.3 Å². The van der Waals surface area contributed by atoms with Crippen molar-refractivity contribution in [2.75, 3.05) is 12.4 Å². The molecule has 1 aromatic carbocycles. The molecule has 126 valence electrons. The van der Waals surface area contributed by atoms with Crippen LogP contribution in [0.4, 0.5) is 5.69 Å². The SMILES string of the molecule is COc1cccc(NC(=O)c2nc[nH]c2C(=O)N2C=CC=CC=C2)c1. The molecule has 2 heterocycles. The Morgan fingerprint density at radius 1 is 1.16 bits per heavy atom. The van der Waals surface area contributed by atoms with Gasteiger partial charge >= 0.3 is 0 Å². The van der Waals surface area contributed by atoms with Crippen LogP contribution in [0, 0.1) is 0 Å². The highest BCUT2D eigenvalue weighted by Gasteiger charge is 2.23. The van der Waals surface area contributed by atoms with E-state index in [4.69, 9.17) is 4.74 Å². The average Bonchev–Trinajstić information content (AvgIpc) is 2.96. The fourth-order valence-electron chi connectivity index (χ4n) is 2.25. The lowest BCUT2D eigenvalue weighted by Gasteiger charge is -2.12. The molecule has 7 nitrogen and oxygen atoms in total. The van der Waals surface area contributed by atoms with Crippen LogP contribution in [0.5, 0.6) is 5.75 Å². The molecule has 0 unspecified atom stereocenters. The summed E-state index contributed by atoms with van der Waals surface area (Å²) in [6, 6.07) is 6.93. The molecule has 1 aliphatic rings. The predicted molar refractivity (Wildman–Crippen MR) is 93.1 cm³/mol. The number of anilines is 1. The van der Waals surface area contributed by atoms with Gasteiger partial charge in [0.25, 0.3) is 11.8 Å². The number of hydrogen-bond acceptors (Lipinski definition) is 4. The van der Waals surface area contributed by atoms with Gasteiger partial charge in [-0.1, -0.05) is 18.2 Å². The number of imidazole rings is 1. The maximum Gasteiger partial charge on any atom is 0.280 e. The number of hydrogen-bond donors (Lipinski definition) is 2. The van der Waals surface area contributed by atoms with E-state index in [-0.39, 0.29) is 17.3 Å². The molecule has 0 saturated carbocycles. The van der Waals surface area contributed by atoms with Crippen molar-refractivity contribution in [2.24, 2.45) is 0 Å². The predicted octanol–water partition coefficient (Wildman–Crippen LogP) is 2.71. The second-order valence-electron chi connectivity index (χ2n) is 5.09. The summed E-state index contributed by atoms with van der Waals surface area (Å²) < 4.78 is 5.13. The van der Waals surface area contributed by atoms with Crippen LogP contribution in [0.25, 0.3) is 0 Å². The molecule has 1 aromatic heterocycles. The standard InChI is InChI=1S/C18H16N4O3/c1-25-14-8-6-7-13(11-14)21-17(23)15-16(20-12-19-15)18(24)22-9-4-2-3-5-10-22/h2-12H,1H3,(H,19,20)(H,21,23). The lowest BCUT2D eigenvalue weighted by molar-refractivity contribution is 0.0857. The van der Waals surface area contributed by atoms with Crippen LogP contribution in [-0.2, 0) is 0 Å². The normalized spacial score (nSPS) is 12.8. The minimum atomic E-state index is -0.487. The summed E-state index contributed by atoms with van der Waals surface area (Å²) >= 11 is 0. The summed E-state index contributed by atoms with van der Waals surface area (Å²) in [7, 11) is 1.54. The first-order valence-corrected chi connectivity index (χ1v) is 7.52. The van der Waals surface area contributed by atoms with E-state index < -0.39 is 5.91 Å². The number of nitrogens with zero attached hydrogens (tertiary/aromatic N) is 2. The van der Waals surface area contributed by atoms with Crippen molar-refractivity contribution >= 4 is 17.5 Å². The third kappa shape index (κ3) is 3.66. The van der Waals surface area contributed by atoms with Crippen LogP contribution in [0.2, 0.25) is 0 Å². The Kier molecular flexibility index (Phi) is 4.75.